The summed E-state index contributed by atoms with van der Waals surface area (Å²) in [4.78, 5) is 15.1. The van der Waals surface area contributed by atoms with Crippen LogP contribution < -0.4 is 4.90 Å². The predicted octanol–water partition coefficient (Wildman–Crippen LogP) is 4.81. The van der Waals surface area contributed by atoms with E-state index in [1.165, 1.54) is 19.3 Å². The Bertz CT molecular complexity index is 1300. The zero-order valence-corrected chi connectivity index (χ0v) is 22.4. The minimum Gasteiger partial charge on any atom is -0.356 e. The monoisotopic (exact) mass is 507 g/mol. The van der Waals surface area contributed by atoms with Crippen molar-refractivity contribution in [1.29, 1.82) is 0 Å². The molecular weight excluding hydrogens is 470 g/mol. The van der Waals surface area contributed by atoms with Gasteiger partial charge in [0.2, 0.25) is 10.0 Å². The van der Waals surface area contributed by atoms with Gasteiger partial charge in [-0.2, -0.15) is 4.31 Å². The van der Waals surface area contributed by atoms with E-state index in [4.69, 9.17) is 9.97 Å². The molecule has 0 spiro atoms. The number of piperazine rings is 1. The smallest absolute Gasteiger partial charge is 0.243 e. The Morgan fingerprint density at radius 2 is 1.44 bits per heavy atom. The van der Waals surface area contributed by atoms with Crippen molar-refractivity contribution < 1.29 is 8.42 Å². The van der Waals surface area contributed by atoms with Gasteiger partial charge in [0.1, 0.15) is 11.6 Å². The molecule has 0 N–H and O–H groups in total. The van der Waals surface area contributed by atoms with Crippen LogP contribution in [0.2, 0.25) is 0 Å². The Morgan fingerprint density at radius 3 is 2.11 bits per heavy atom. The topological polar surface area (TPSA) is 69.6 Å². The second-order valence-electron chi connectivity index (χ2n) is 10.3. The summed E-state index contributed by atoms with van der Waals surface area (Å²) in [6.07, 6.45) is 3.66. The maximum atomic E-state index is 13.3. The molecule has 5 rings (SSSR count). The lowest BCUT2D eigenvalue weighted by Gasteiger charge is -2.37. The Balaban J connectivity index is 1.32. The first kappa shape index (κ1) is 25.1. The molecule has 2 fully saturated rings. The van der Waals surface area contributed by atoms with Crippen LogP contribution in [0.1, 0.15) is 63.4 Å². The molecule has 36 heavy (non-hydrogen) atoms. The maximum absolute atomic E-state index is 13.3. The average molecular weight is 508 g/mol. The first-order valence-corrected chi connectivity index (χ1v) is 14.6. The van der Waals surface area contributed by atoms with Gasteiger partial charge >= 0.3 is 0 Å². The first-order valence-electron chi connectivity index (χ1n) is 13.2. The van der Waals surface area contributed by atoms with Gasteiger partial charge in [0.05, 0.1) is 16.5 Å². The number of nitrogens with zero attached hydrogens (tertiary/aromatic N) is 5. The van der Waals surface area contributed by atoms with Crippen LogP contribution in [0.4, 0.5) is 5.82 Å². The zero-order chi connectivity index (χ0) is 25.3. The van der Waals surface area contributed by atoms with E-state index in [-0.39, 0.29) is 6.04 Å². The molecule has 2 aliphatic rings. The quantitative estimate of drug-likeness (QED) is 0.477. The fourth-order valence-corrected chi connectivity index (χ4v) is 6.70. The molecule has 7 nitrogen and oxygen atoms in total. The highest BCUT2D eigenvalue weighted by Gasteiger charge is 2.31. The first-order chi connectivity index (χ1) is 17.3. The normalized spacial score (nSPS) is 19.2. The van der Waals surface area contributed by atoms with Crippen LogP contribution in [0.15, 0.2) is 53.4 Å². The number of aromatic nitrogens is 2. The van der Waals surface area contributed by atoms with Crippen LogP contribution in [-0.2, 0) is 10.0 Å². The highest BCUT2D eigenvalue weighted by atomic mass is 32.2. The van der Waals surface area contributed by atoms with Crippen molar-refractivity contribution in [2.24, 2.45) is 0 Å². The van der Waals surface area contributed by atoms with Gasteiger partial charge in [-0.05, 0) is 61.9 Å². The van der Waals surface area contributed by atoms with Crippen molar-refractivity contribution in [3.8, 4) is 0 Å². The Hall–Kier alpha value is -2.55. The summed E-state index contributed by atoms with van der Waals surface area (Å²) in [6, 6.07) is 15.6. The summed E-state index contributed by atoms with van der Waals surface area (Å²) < 4.78 is 28.1. The molecule has 0 radical (unpaired) electrons. The molecule has 0 amide bonds. The molecule has 2 saturated heterocycles. The van der Waals surface area contributed by atoms with Crippen LogP contribution in [0.25, 0.3) is 10.9 Å². The molecule has 2 aliphatic heterocycles. The van der Waals surface area contributed by atoms with Gasteiger partial charge in [-0.15, -0.1) is 0 Å². The summed E-state index contributed by atoms with van der Waals surface area (Å²) in [5.74, 6) is 2.22. The van der Waals surface area contributed by atoms with Crippen molar-refractivity contribution in [3.05, 3.63) is 59.9 Å². The van der Waals surface area contributed by atoms with Crippen molar-refractivity contribution in [2.75, 3.05) is 44.2 Å². The number of hydrogen-bond donors (Lipinski definition) is 0. The lowest BCUT2D eigenvalue weighted by Crippen LogP contribution is -2.49. The van der Waals surface area contributed by atoms with Crippen LogP contribution in [0.5, 0.6) is 0 Å². The summed E-state index contributed by atoms with van der Waals surface area (Å²) >= 11 is 0. The number of sulfonamides is 1. The van der Waals surface area contributed by atoms with Crippen molar-refractivity contribution >= 4 is 26.7 Å². The predicted molar refractivity (Wildman–Crippen MR) is 145 cm³/mol. The van der Waals surface area contributed by atoms with Gasteiger partial charge in [0.15, 0.2) is 0 Å². The SMILES string of the molecule is CC(C)c1ccc(S(=O)(=O)N2CCN([C@H](C)c3nc(N4CCCCC4)c4ccccc4n3)CC2)cc1. The molecule has 1 aromatic heterocycles. The van der Waals surface area contributed by atoms with E-state index in [1.54, 1.807) is 16.4 Å². The molecule has 3 heterocycles. The van der Waals surface area contributed by atoms with E-state index in [1.807, 2.05) is 18.2 Å². The van der Waals surface area contributed by atoms with E-state index in [2.05, 4.69) is 48.8 Å². The van der Waals surface area contributed by atoms with Gasteiger partial charge in [-0.3, -0.25) is 4.90 Å². The van der Waals surface area contributed by atoms with Gasteiger partial charge in [-0.1, -0.05) is 38.1 Å². The van der Waals surface area contributed by atoms with Gasteiger partial charge < -0.3 is 4.90 Å². The fraction of sp³-hybridized carbons (Fsp3) is 0.500. The third-order valence-corrected chi connectivity index (χ3v) is 9.55. The van der Waals surface area contributed by atoms with Crippen molar-refractivity contribution in [2.45, 2.75) is 56.9 Å². The molecule has 0 aliphatic carbocycles. The largest absolute Gasteiger partial charge is 0.356 e. The molecule has 0 saturated carbocycles. The van der Waals surface area contributed by atoms with Gasteiger partial charge in [0, 0.05) is 44.7 Å². The number of rotatable bonds is 6. The second-order valence-corrected chi connectivity index (χ2v) is 12.2. The summed E-state index contributed by atoms with van der Waals surface area (Å²) in [5, 5.41) is 1.11. The summed E-state index contributed by atoms with van der Waals surface area (Å²) in [6.45, 7) is 10.7. The van der Waals surface area contributed by atoms with Gasteiger partial charge in [0.25, 0.3) is 0 Å². The lowest BCUT2D eigenvalue weighted by atomic mass is 10.0. The standard InChI is InChI=1S/C28H37N5O2S/c1-21(2)23-11-13-24(14-12-23)36(34,35)33-19-17-31(18-20-33)22(3)27-29-26-10-6-5-9-25(26)28(30-27)32-15-7-4-8-16-32/h5-6,9-14,21-22H,4,7-8,15-20H2,1-3H3/t22-/m1/s1. The minimum atomic E-state index is -3.50. The minimum absolute atomic E-state index is 0.00771. The number of piperidine rings is 1. The fourth-order valence-electron chi connectivity index (χ4n) is 5.28. The molecular formula is C28H37N5O2S. The Morgan fingerprint density at radius 1 is 0.778 bits per heavy atom. The maximum Gasteiger partial charge on any atom is 0.243 e. The van der Waals surface area contributed by atoms with E-state index in [9.17, 15) is 8.42 Å². The molecule has 8 heteroatoms. The van der Waals surface area contributed by atoms with E-state index in [0.29, 0.717) is 37.0 Å². The number of fused-ring (bicyclic) bond motifs is 1. The Kier molecular flexibility index (Phi) is 7.28. The molecule has 0 bridgehead atoms. The number of hydrogen-bond acceptors (Lipinski definition) is 6. The summed E-state index contributed by atoms with van der Waals surface area (Å²) in [7, 11) is -3.50. The number of para-hydroxylation sites is 1. The average Bonchev–Trinajstić information content (AvgIpc) is 2.92. The Labute approximate surface area is 215 Å². The zero-order valence-electron chi connectivity index (χ0n) is 21.6. The molecule has 192 valence electrons. The van der Waals surface area contributed by atoms with E-state index >= 15 is 0 Å². The van der Waals surface area contributed by atoms with Crippen LogP contribution in [0.3, 0.4) is 0 Å². The van der Waals surface area contributed by atoms with Crippen LogP contribution in [0, 0.1) is 0 Å². The van der Waals surface area contributed by atoms with E-state index in [0.717, 1.165) is 41.2 Å². The summed E-state index contributed by atoms with van der Waals surface area (Å²) in [5.41, 5.74) is 2.12. The molecule has 3 aromatic rings. The highest BCUT2D eigenvalue weighted by molar-refractivity contribution is 7.89. The molecule has 1 atom stereocenters. The highest BCUT2D eigenvalue weighted by Crippen LogP contribution is 2.30. The van der Waals surface area contributed by atoms with Crippen LogP contribution >= 0.6 is 0 Å². The number of anilines is 1. The van der Waals surface area contributed by atoms with Crippen molar-refractivity contribution in [3.63, 3.8) is 0 Å². The number of benzene rings is 2. The third-order valence-electron chi connectivity index (χ3n) is 7.64. The molecule has 0 unspecified atom stereocenters. The third kappa shape index (κ3) is 4.99. The molecule has 2 aromatic carbocycles. The van der Waals surface area contributed by atoms with Gasteiger partial charge in [-0.25, -0.2) is 18.4 Å². The lowest BCUT2D eigenvalue weighted by molar-refractivity contribution is 0.141. The van der Waals surface area contributed by atoms with Crippen molar-refractivity contribution in [1.82, 2.24) is 19.2 Å². The van der Waals surface area contributed by atoms with Crippen LogP contribution in [-0.4, -0.2) is 66.9 Å². The second kappa shape index (κ2) is 10.4. The van der Waals surface area contributed by atoms with E-state index < -0.39 is 10.0 Å².